The van der Waals surface area contributed by atoms with Crippen LogP contribution < -0.4 is 26.6 Å². The summed E-state index contributed by atoms with van der Waals surface area (Å²) in [6.07, 6.45) is 0.00559. The molecule has 2 unspecified atom stereocenters. The van der Waals surface area contributed by atoms with E-state index < -0.39 is 53.4 Å². The third-order valence-corrected chi connectivity index (χ3v) is 7.54. The summed E-state index contributed by atoms with van der Waals surface area (Å²) in [5.74, 6) is -2.57. The minimum Gasteiger partial charge on any atom is -0.477 e. The van der Waals surface area contributed by atoms with Gasteiger partial charge in [0.05, 0.1) is 0 Å². The van der Waals surface area contributed by atoms with Crippen molar-refractivity contribution in [2.24, 2.45) is 0 Å². The van der Waals surface area contributed by atoms with Gasteiger partial charge in [-0.1, -0.05) is 13.0 Å². The van der Waals surface area contributed by atoms with Crippen molar-refractivity contribution in [3.63, 3.8) is 0 Å². The number of carbonyl (C=O) groups is 6. The number of hydrogen-bond acceptors (Lipinski definition) is 9. The molecule has 0 saturated carbocycles. The summed E-state index contributed by atoms with van der Waals surface area (Å²) >= 11 is 2.39. The summed E-state index contributed by atoms with van der Waals surface area (Å²) < 4.78 is 5.08. The van der Waals surface area contributed by atoms with Gasteiger partial charge in [0, 0.05) is 29.8 Å². The van der Waals surface area contributed by atoms with Crippen LogP contribution in [0.3, 0.4) is 0 Å². The molecule has 6 N–H and O–H groups in total. The Morgan fingerprint density at radius 3 is 2.62 bits per heavy atom. The lowest BCUT2D eigenvalue weighted by Gasteiger charge is -2.49. The van der Waals surface area contributed by atoms with Gasteiger partial charge >= 0.3 is 24.1 Å². The molecule has 16 heteroatoms. The first-order valence-corrected chi connectivity index (χ1v) is 13.0. The molecule has 200 valence electrons. The monoisotopic (exact) mass is 554 g/mol. The van der Waals surface area contributed by atoms with Crippen LogP contribution in [-0.2, 0) is 19.1 Å². The van der Waals surface area contributed by atoms with Gasteiger partial charge < -0.3 is 31.1 Å². The number of thioether (sulfide) groups is 1. The fourth-order valence-electron chi connectivity index (χ4n) is 3.52. The first-order valence-electron chi connectivity index (χ1n) is 11.1. The van der Waals surface area contributed by atoms with Gasteiger partial charge in [-0.15, -0.1) is 23.1 Å². The van der Waals surface area contributed by atoms with Crippen LogP contribution in [0.25, 0.3) is 0 Å². The molecule has 7 amide bonds. The van der Waals surface area contributed by atoms with Gasteiger partial charge in [0.2, 0.25) is 5.91 Å². The summed E-state index contributed by atoms with van der Waals surface area (Å²) in [5, 5.41) is 22.4. The SMILES string of the molecule is CCCNC(=O)OCC1=C(C(=O)O)N2C(=O)C(NC(=O)C(NC(=O)NC(=O)NC)c3cccs3)[C@@H]2SC1. The molecule has 0 spiro atoms. The highest BCUT2D eigenvalue weighted by molar-refractivity contribution is 8.00. The van der Waals surface area contributed by atoms with E-state index in [9.17, 15) is 33.9 Å². The second-order valence-electron chi connectivity index (χ2n) is 7.78. The van der Waals surface area contributed by atoms with Gasteiger partial charge in [0.25, 0.3) is 5.91 Å². The molecule has 3 heterocycles. The van der Waals surface area contributed by atoms with E-state index in [-0.39, 0.29) is 23.6 Å². The maximum absolute atomic E-state index is 13.1. The molecule has 3 atom stereocenters. The lowest BCUT2D eigenvalue weighted by Crippen LogP contribution is -2.71. The first kappa shape index (κ1) is 27.8. The number of urea groups is 2. The third kappa shape index (κ3) is 6.51. The molecule has 2 aliphatic heterocycles. The Kier molecular flexibility index (Phi) is 9.35. The topological polar surface area (TPSA) is 195 Å². The summed E-state index contributed by atoms with van der Waals surface area (Å²) in [6, 6.07) is -0.684. The summed E-state index contributed by atoms with van der Waals surface area (Å²) in [4.78, 5) is 74.8. The predicted octanol–water partition coefficient (Wildman–Crippen LogP) is 0.303. The number of carboxylic acid groups (broad SMARTS) is 1. The average Bonchev–Trinajstić information content (AvgIpc) is 3.41. The van der Waals surface area contributed by atoms with Crippen molar-refractivity contribution in [3.8, 4) is 0 Å². The Labute approximate surface area is 219 Å². The largest absolute Gasteiger partial charge is 0.477 e. The number of nitrogens with one attached hydrogen (secondary N) is 5. The highest BCUT2D eigenvalue weighted by Gasteiger charge is 2.54. The number of amides is 7. The van der Waals surface area contributed by atoms with E-state index in [1.54, 1.807) is 17.5 Å². The molecule has 37 heavy (non-hydrogen) atoms. The van der Waals surface area contributed by atoms with Crippen LogP contribution in [0.2, 0.25) is 0 Å². The van der Waals surface area contributed by atoms with E-state index in [1.807, 2.05) is 12.2 Å². The van der Waals surface area contributed by atoms with Crippen LogP contribution in [0.4, 0.5) is 14.4 Å². The molecule has 3 rings (SSSR count). The molecular formula is C21H26N6O8S2. The van der Waals surface area contributed by atoms with Gasteiger partial charge in [-0.05, 0) is 17.9 Å². The molecule has 1 aromatic heterocycles. The molecule has 14 nitrogen and oxygen atoms in total. The van der Waals surface area contributed by atoms with E-state index in [0.29, 0.717) is 17.8 Å². The highest BCUT2D eigenvalue weighted by atomic mass is 32.2. The van der Waals surface area contributed by atoms with Crippen molar-refractivity contribution < 1.29 is 38.6 Å². The van der Waals surface area contributed by atoms with Crippen molar-refractivity contribution in [1.82, 2.24) is 31.5 Å². The third-order valence-electron chi connectivity index (χ3n) is 5.26. The van der Waals surface area contributed by atoms with Gasteiger partial charge in [0.15, 0.2) is 0 Å². The zero-order valence-corrected chi connectivity index (χ0v) is 21.5. The number of alkyl carbamates (subject to hydrolysis) is 1. The van der Waals surface area contributed by atoms with Crippen molar-refractivity contribution in [3.05, 3.63) is 33.7 Å². The second kappa shape index (κ2) is 12.4. The Hall–Kier alpha value is -3.79. The number of fused-ring (bicyclic) bond motifs is 1. The Bertz CT molecular complexity index is 1110. The second-order valence-corrected chi connectivity index (χ2v) is 9.87. The predicted molar refractivity (Wildman–Crippen MR) is 133 cm³/mol. The quantitative estimate of drug-likeness (QED) is 0.233. The zero-order valence-electron chi connectivity index (χ0n) is 19.9. The molecule has 0 aliphatic carbocycles. The Morgan fingerprint density at radius 1 is 1.24 bits per heavy atom. The lowest BCUT2D eigenvalue weighted by atomic mass is 10.0. The molecule has 1 aromatic rings. The highest BCUT2D eigenvalue weighted by Crippen LogP contribution is 2.40. The normalized spacial score (nSPS) is 19.1. The molecule has 2 aliphatic rings. The van der Waals surface area contributed by atoms with Crippen LogP contribution in [0.5, 0.6) is 0 Å². The number of hydrogen-bond donors (Lipinski definition) is 6. The summed E-state index contributed by atoms with van der Waals surface area (Å²) in [6.45, 7) is 1.97. The average molecular weight is 555 g/mol. The van der Waals surface area contributed by atoms with Gasteiger partial charge in [-0.2, -0.15) is 0 Å². The standard InChI is InChI=1S/C21H26N6O8S2/c1-3-6-23-21(34)35-8-10-9-37-17-13(16(29)27(17)14(10)18(30)31)24-15(28)12(11-5-4-7-36-11)25-20(33)26-19(32)22-2/h4-5,7,12-13,17H,3,6,8-9H2,1-2H3,(H,23,34)(H,24,28)(H,30,31)(H3,22,25,26,32,33)/t12?,13?,17-/m0/s1. The van der Waals surface area contributed by atoms with E-state index >= 15 is 0 Å². The molecule has 0 bridgehead atoms. The maximum Gasteiger partial charge on any atom is 0.407 e. The minimum atomic E-state index is -1.36. The number of imide groups is 1. The number of nitrogens with zero attached hydrogens (tertiary/aromatic N) is 1. The summed E-state index contributed by atoms with van der Waals surface area (Å²) in [7, 11) is 1.32. The van der Waals surface area contributed by atoms with Crippen LogP contribution in [-0.4, -0.2) is 83.3 Å². The molecular weight excluding hydrogens is 528 g/mol. The van der Waals surface area contributed by atoms with Gasteiger partial charge in [0.1, 0.15) is 29.8 Å². The summed E-state index contributed by atoms with van der Waals surface area (Å²) in [5.41, 5.74) is -0.0389. The molecule has 1 fully saturated rings. The van der Waals surface area contributed by atoms with Gasteiger partial charge in [-0.25, -0.2) is 19.2 Å². The van der Waals surface area contributed by atoms with E-state index in [4.69, 9.17) is 4.74 Å². The van der Waals surface area contributed by atoms with Crippen molar-refractivity contribution >= 4 is 59.0 Å². The van der Waals surface area contributed by atoms with Gasteiger partial charge in [-0.3, -0.25) is 19.8 Å². The van der Waals surface area contributed by atoms with E-state index in [2.05, 4.69) is 21.3 Å². The number of aliphatic carboxylic acids is 1. The Balaban J connectivity index is 1.70. The first-order chi connectivity index (χ1) is 17.7. The smallest absolute Gasteiger partial charge is 0.407 e. The number of ether oxygens (including phenoxy) is 1. The maximum atomic E-state index is 13.1. The number of β-lactam (4-membered cyclic amide) rings is 1. The molecule has 1 saturated heterocycles. The zero-order chi connectivity index (χ0) is 27.1. The molecule has 0 aromatic carbocycles. The van der Waals surface area contributed by atoms with Crippen molar-refractivity contribution in [2.75, 3.05) is 26.0 Å². The Morgan fingerprint density at radius 2 is 2.00 bits per heavy atom. The molecule has 0 radical (unpaired) electrons. The van der Waals surface area contributed by atoms with E-state index in [0.717, 1.165) is 4.90 Å². The fraction of sp³-hybridized carbons (Fsp3) is 0.429. The van der Waals surface area contributed by atoms with Crippen LogP contribution >= 0.6 is 23.1 Å². The fourth-order valence-corrected chi connectivity index (χ4v) is 5.62. The van der Waals surface area contributed by atoms with Crippen LogP contribution in [0, 0.1) is 0 Å². The lowest BCUT2D eigenvalue weighted by molar-refractivity contribution is -0.151. The van der Waals surface area contributed by atoms with E-state index in [1.165, 1.54) is 30.1 Å². The van der Waals surface area contributed by atoms with Crippen LogP contribution in [0.15, 0.2) is 28.8 Å². The number of carboxylic acids is 1. The number of rotatable bonds is 9. The van der Waals surface area contributed by atoms with Crippen molar-refractivity contribution in [1.29, 1.82) is 0 Å². The minimum absolute atomic E-state index is 0.157. The van der Waals surface area contributed by atoms with Crippen LogP contribution in [0.1, 0.15) is 24.3 Å². The number of thiophene rings is 1. The number of carbonyl (C=O) groups excluding carboxylic acids is 5. The van der Waals surface area contributed by atoms with Crippen molar-refractivity contribution in [2.45, 2.75) is 30.8 Å².